The Balaban J connectivity index is 1.10. The average Bonchev–Trinajstić information content (AvgIpc) is 3.48. The van der Waals surface area contributed by atoms with Crippen molar-refractivity contribution < 1.29 is 18.1 Å². The first-order valence-corrected chi connectivity index (χ1v) is 12.7. The van der Waals surface area contributed by atoms with Crippen LogP contribution in [0.2, 0.25) is 0 Å². The molecule has 4 aromatic rings. The Bertz CT molecular complexity index is 1240. The van der Waals surface area contributed by atoms with Gasteiger partial charge < -0.3 is 23.0 Å². The molecule has 1 aliphatic rings. The van der Waals surface area contributed by atoms with Gasteiger partial charge in [0.1, 0.15) is 5.75 Å². The Labute approximate surface area is 216 Å². The van der Waals surface area contributed by atoms with Crippen molar-refractivity contribution in [3.05, 3.63) is 90.9 Å². The van der Waals surface area contributed by atoms with Gasteiger partial charge >= 0.3 is 0 Å². The molecule has 1 aromatic heterocycles. The fourth-order valence-electron chi connectivity index (χ4n) is 4.34. The van der Waals surface area contributed by atoms with Crippen LogP contribution < -0.4 is 18.6 Å². The summed E-state index contributed by atoms with van der Waals surface area (Å²) in [6.07, 6.45) is 3.43. The van der Waals surface area contributed by atoms with E-state index in [1.54, 1.807) is 26.7 Å². The zero-order chi connectivity index (χ0) is 24.7. The normalized spacial score (nSPS) is 14.0. The number of anilines is 1. The quantitative estimate of drug-likeness (QED) is 0.246. The summed E-state index contributed by atoms with van der Waals surface area (Å²) in [6.45, 7) is 4.91. The van der Waals surface area contributed by atoms with E-state index in [4.69, 9.17) is 18.1 Å². The molecular formula is C29H30N2O4S. The third kappa shape index (κ3) is 5.80. The Morgan fingerprint density at radius 2 is 1.53 bits per heavy atom. The van der Waals surface area contributed by atoms with Crippen LogP contribution in [0.4, 0.5) is 5.69 Å². The maximum Gasteiger partial charge on any atom is 0.161 e. The summed E-state index contributed by atoms with van der Waals surface area (Å²) in [5, 5.41) is 0. The number of rotatable bonds is 9. The smallest absolute Gasteiger partial charge is 0.161 e. The van der Waals surface area contributed by atoms with E-state index in [0.29, 0.717) is 0 Å². The highest BCUT2D eigenvalue weighted by atomic mass is 32.2. The Morgan fingerprint density at radius 1 is 0.778 bits per heavy atom. The summed E-state index contributed by atoms with van der Waals surface area (Å²) in [4.78, 5) is 5.96. The van der Waals surface area contributed by atoms with Gasteiger partial charge in [-0.2, -0.15) is 0 Å². The Morgan fingerprint density at radius 3 is 2.19 bits per heavy atom. The number of benzene rings is 3. The van der Waals surface area contributed by atoms with E-state index < -0.39 is 0 Å². The predicted molar refractivity (Wildman–Crippen MR) is 144 cm³/mol. The number of nitrogens with zero attached hydrogens (tertiary/aromatic N) is 2. The van der Waals surface area contributed by atoms with Gasteiger partial charge in [-0.25, -0.2) is 0 Å². The van der Waals surface area contributed by atoms with Crippen molar-refractivity contribution in [3.63, 3.8) is 0 Å². The van der Waals surface area contributed by atoms with E-state index in [9.17, 15) is 0 Å². The molecule has 2 heterocycles. The summed E-state index contributed by atoms with van der Waals surface area (Å²) in [5.74, 6) is 2.38. The topological polar surface area (TPSA) is 47.3 Å². The molecule has 5 rings (SSSR count). The summed E-state index contributed by atoms with van der Waals surface area (Å²) in [7, 11) is 3.34. The molecule has 0 bridgehead atoms. The molecule has 0 unspecified atom stereocenters. The molecule has 0 N–H and O–H groups in total. The van der Waals surface area contributed by atoms with Gasteiger partial charge in [-0.05, 0) is 65.7 Å². The molecule has 1 saturated heterocycles. The van der Waals surface area contributed by atoms with Gasteiger partial charge in [0.2, 0.25) is 0 Å². The molecule has 1 fully saturated rings. The van der Waals surface area contributed by atoms with Crippen LogP contribution >= 0.6 is 12.0 Å². The molecule has 36 heavy (non-hydrogen) atoms. The average molecular weight is 503 g/mol. The zero-order valence-electron chi connectivity index (χ0n) is 20.6. The third-order valence-electron chi connectivity index (χ3n) is 6.37. The van der Waals surface area contributed by atoms with E-state index in [2.05, 4.69) is 58.3 Å². The molecule has 0 aliphatic carbocycles. The van der Waals surface area contributed by atoms with Crippen molar-refractivity contribution in [3.8, 4) is 28.4 Å². The van der Waals surface area contributed by atoms with E-state index in [-0.39, 0.29) is 0 Å². The highest BCUT2D eigenvalue weighted by Crippen LogP contribution is 2.30. The van der Waals surface area contributed by atoms with Crippen molar-refractivity contribution >= 4 is 17.7 Å². The lowest BCUT2D eigenvalue weighted by Crippen LogP contribution is -2.45. The fraction of sp³-hybridized carbons (Fsp3) is 0.241. The molecular weight excluding hydrogens is 472 g/mol. The number of methoxy groups -OCH3 is 2. The first kappa shape index (κ1) is 24.2. The molecule has 6 nitrogen and oxygen atoms in total. The number of hydrogen-bond donors (Lipinski definition) is 0. The van der Waals surface area contributed by atoms with Crippen LogP contribution in [0.3, 0.4) is 0 Å². The SMILES string of the molecule is COc1ccc(CN2CCN(c3ccc(OSc4ccc(-c5ccoc5)cc4)cc3)CC2)cc1OC. The minimum Gasteiger partial charge on any atom is -0.493 e. The minimum absolute atomic E-state index is 0.764. The van der Waals surface area contributed by atoms with Crippen LogP contribution in [-0.4, -0.2) is 45.3 Å². The number of hydrogen-bond acceptors (Lipinski definition) is 7. The third-order valence-corrected chi connectivity index (χ3v) is 7.11. The van der Waals surface area contributed by atoms with Crippen LogP contribution in [0.25, 0.3) is 11.1 Å². The van der Waals surface area contributed by atoms with Crippen LogP contribution in [0.15, 0.2) is 94.6 Å². The van der Waals surface area contributed by atoms with Crippen LogP contribution in [-0.2, 0) is 6.54 Å². The minimum atomic E-state index is 0.764. The molecule has 0 spiro atoms. The standard InChI is InChI=1S/C29H30N2O4S/c1-32-28-12-3-22(19-29(28)33-2)20-30-14-16-31(17-15-30)25-6-8-26(9-7-25)35-36-27-10-4-23(5-11-27)24-13-18-34-21-24/h3-13,18-19,21H,14-17,20H2,1-2H3. The molecule has 0 radical (unpaired) electrons. The van der Waals surface area contributed by atoms with Gasteiger partial charge in [0.05, 0.1) is 38.8 Å². The summed E-state index contributed by atoms with van der Waals surface area (Å²) in [5.41, 5.74) is 4.66. The Kier molecular flexibility index (Phi) is 7.69. The van der Waals surface area contributed by atoms with Gasteiger partial charge in [-0.1, -0.05) is 18.2 Å². The van der Waals surface area contributed by atoms with Crippen molar-refractivity contribution in [2.75, 3.05) is 45.3 Å². The monoisotopic (exact) mass is 502 g/mol. The van der Waals surface area contributed by atoms with Gasteiger partial charge in [0.25, 0.3) is 0 Å². The van der Waals surface area contributed by atoms with E-state index in [1.807, 2.05) is 24.3 Å². The highest BCUT2D eigenvalue weighted by Gasteiger charge is 2.18. The maximum atomic E-state index is 5.94. The molecule has 3 aromatic carbocycles. The summed E-state index contributed by atoms with van der Waals surface area (Å²) in [6, 6.07) is 24.7. The molecule has 1 aliphatic heterocycles. The maximum absolute atomic E-state index is 5.94. The molecule has 7 heteroatoms. The second-order valence-corrected chi connectivity index (χ2v) is 9.45. The zero-order valence-corrected chi connectivity index (χ0v) is 21.4. The fourth-order valence-corrected chi connectivity index (χ4v) is 4.89. The van der Waals surface area contributed by atoms with E-state index >= 15 is 0 Å². The number of ether oxygens (including phenoxy) is 2. The van der Waals surface area contributed by atoms with Crippen LogP contribution in [0, 0.1) is 0 Å². The first-order valence-electron chi connectivity index (χ1n) is 12.0. The second-order valence-electron chi connectivity index (χ2n) is 8.65. The van der Waals surface area contributed by atoms with E-state index in [1.165, 1.54) is 23.3 Å². The largest absolute Gasteiger partial charge is 0.493 e. The van der Waals surface area contributed by atoms with Crippen molar-refractivity contribution in [1.29, 1.82) is 0 Å². The summed E-state index contributed by atoms with van der Waals surface area (Å²) >= 11 is 1.37. The van der Waals surface area contributed by atoms with Crippen molar-refractivity contribution in [2.45, 2.75) is 11.4 Å². The number of piperazine rings is 1. The number of furan rings is 1. The lowest BCUT2D eigenvalue weighted by Gasteiger charge is -2.36. The van der Waals surface area contributed by atoms with Gasteiger partial charge in [-0.15, -0.1) is 0 Å². The summed E-state index contributed by atoms with van der Waals surface area (Å²) < 4.78 is 21.9. The Hall–Kier alpha value is -3.55. The molecule has 0 atom stereocenters. The molecule has 186 valence electrons. The highest BCUT2D eigenvalue weighted by molar-refractivity contribution is 7.95. The predicted octanol–water partition coefficient (Wildman–Crippen LogP) is 6.37. The lowest BCUT2D eigenvalue weighted by atomic mass is 10.1. The van der Waals surface area contributed by atoms with Crippen molar-refractivity contribution in [1.82, 2.24) is 4.90 Å². The van der Waals surface area contributed by atoms with Crippen LogP contribution in [0.1, 0.15) is 5.56 Å². The van der Waals surface area contributed by atoms with Gasteiger partial charge in [0, 0.05) is 48.9 Å². The van der Waals surface area contributed by atoms with Gasteiger partial charge in [-0.3, -0.25) is 4.90 Å². The lowest BCUT2D eigenvalue weighted by molar-refractivity contribution is 0.249. The van der Waals surface area contributed by atoms with Crippen molar-refractivity contribution in [2.24, 2.45) is 0 Å². The van der Waals surface area contributed by atoms with Gasteiger partial charge in [0.15, 0.2) is 11.5 Å². The first-order chi connectivity index (χ1) is 17.7. The van der Waals surface area contributed by atoms with E-state index in [0.717, 1.165) is 66.0 Å². The van der Waals surface area contributed by atoms with Crippen LogP contribution in [0.5, 0.6) is 17.2 Å². The molecule has 0 saturated carbocycles. The second kappa shape index (κ2) is 11.5. The molecule has 0 amide bonds.